The maximum Gasteiger partial charge on any atom is 0.214 e. The average molecular weight is 318 g/mol. The minimum atomic E-state index is -3.14. The van der Waals surface area contributed by atoms with E-state index < -0.39 is 10.0 Å². The van der Waals surface area contributed by atoms with Gasteiger partial charge in [0.05, 0.1) is 5.25 Å². The van der Waals surface area contributed by atoms with E-state index in [1.165, 1.54) is 5.56 Å². The molecule has 94 valence electrons. The van der Waals surface area contributed by atoms with Gasteiger partial charge in [0, 0.05) is 16.4 Å². The van der Waals surface area contributed by atoms with E-state index in [1.54, 1.807) is 13.8 Å². The molecule has 0 heterocycles. The molecule has 0 aromatic heterocycles. The zero-order valence-corrected chi connectivity index (χ0v) is 12.3. The van der Waals surface area contributed by atoms with E-state index in [0.29, 0.717) is 5.92 Å². The summed E-state index contributed by atoms with van der Waals surface area (Å²) in [6, 6.07) is 8.13. The van der Waals surface area contributed by atoms with Crippen LogP contribution in [0.2, 0.25) is 0 Å². The molecule has 2 unspecified atom stereocenters. The van der Waals surface area contributed by atoms with Crippen molar-refractivity contribution in [2.45, 2.75) is 37.5 Å². The number of nitrogens with one attached hydrogen (secondary N) is 1. The third kappa shape index (κ3) is 3.09. The third-order valence-corrected chi connectivity index (χ3v) is 5.43. The predicted molar refractivity (Wildman–Crippen MR) is 72.5 cm³/mol. The highest BCUT2D eigenvalue weighted by Gasteiger charge is 2.41. The van der Waals surface area contributed by atoms with Crippen molar-refractivity contribution in [2.24, 2.45) is 0 Å². The van der Waals surface area contributed by atoms with E-state index in [2.05, 4.69) is 20.7 Å². The molecule has 0 bridgehead atoms. The van der Waals surface area contributed by atoms with Gasteiger partial charge in [-0.2, -0.15) is 0 Å². The predicted octanol–water partition coefficient (Wildman–Crippen LogP) is 2.63. The summed E-state index contributed by atoms with van der Waals surface area (Å²) >= 11 is 3.39. The van der Waals surface area contributed by atoms with Crippen molar-refractivity contribution in [3.63, 3.8) is 0 Å². The second-order valence-corrected chi connectivity index (χ2v) is 7.90. The van der Waals surface area contributed by atoms with E-state index in [0.717, 1.165) is 10.9 Å². The molecule has 1 aliphatic carbocycles. The molecule has 17 heavy (non-hydrogen) atoms. The molecule has 1 aromatic carbocycles. The van der Waals surface area contributed by atoms with Crippen molar-refractivity contribution in [1.29, 1.82) is 0 Å². The Balaban J connectivity index is 2.00. The van der Waals surface area contributed by atoms with Gasteiger partial charge in [0.2, 0.25) is 10.0 Å². The molecule has 1 N–H and O–H groups in total. The largest absolute Gasteiger partial charge is 0.214 e. The molecule has 2 rings (SSSR count). The molecule has 1 aromatic rings. The van der Waals surface area contributed by atoms with Crippen LogP contribution in [0.5, 0.6) is 0 Å². The van der Waals surface area contributed by atoms with Crippen LogP contribution in [0, 0.1) is 0 Å². The van der Waals surface area contributed by atoms with Crippen molar-refractivity contribution in [2.75, 3.05) is 0 Å². The summed E-state index contributed by atoms with van der Waals surface area (Å²) in [7, 11) is -3.14. The highest BCUT2D eigenvalue weighted by molar-refractivity contribution is 9.10. The van der Waals surface area contributed by atoms with Crippen molar-refractivity contribution in [3.8, 4) is 0 Å². The average Bonchev–Trinajstić information content (AvgIpc) is 2.97. The minimum Gasteiger partial charge on any atom is -0.212 e. The number of rotatable bonds is 4. The number of benzene rings is 1. The van der Waals surface area contributed by atoms with Crippen molar-refractivity contribution in [1.82, 2.24) is 4.72 Å². The fraction of sp³-hybridized carbons (Fsp3) is 0.500. The monoisotopic (exact) mass is 317 g/mol. The fourth-order valence-electron chi connectivity index (χ4n) is 1.75. The highest BCUT2D eigenvalue weighted by Crippen LogP contribution is 2.41. The zero-order valence-electron chi connectivity index (χ0n) is 9.85. The topological polar surface area (TPSA) is 46.2 Å². The lowest BCUT2D eigenvalue weighted by molar-refractivity contribution is 0.571. The molecule has 1 fully saturated rings. The van der Waals surface area contributed by atoms with Crippen molar-refractivity contribution < 1.29 is 8.42 Å². The Labute approximate surface area is 111 Å². The van der Waals surface area contributed by atoms with Gasteiger partial charge in [-0.25, -0.2) is 13.1 Å². The second kappa shape index (κ2) is 4.71. The lowest BCUT2D eigenvalue weighted by Gasteiger charge is -2.09. The summed E-state index contributed by atoms with van der Waals surface area (Å²) in [4.78, 5) is 0. The van der Waals surface area contributed by atoms with Gasteiger partial charge in [-0.05, 0) is 38.0 Å². The van der Waals surface area contributed by atoms with Gasteiger partial charge in [-0.15, -0.1) is 0 Å². The van der Waals surface area contributed by atoms with Gasteiger partial charge < -0.3 is 0 Å². The summed E-state index contributed by atoms with van der Waals surface area (Å²) in [5.41, 5.74) is 1.20. The maximum absolute atomic E-state index is 11.7. The smallest absolute Gasteiger partial charge is 0.212 e. The first-order valence-electron chi connectivity index (χ1n) is 5.67. The van der Waals surface area contributed by atoms with Gasteiger partial charge in [-0.3, -0.25) is 0 Å². The Morgan fingerprint density at radius 3 is 2.41 bits per heavy atom. The highest BCUT2D eigenvalue weighted by atomic mass is 79.9. The van der Waals surface area contributed by atoms with Crippen molar-refractivity contribution >= 4 is 26.0 Å². The number of halogens is 1. The van der Waals surface area contributed by atoms with Gasteiger partial charge in [0.1, 0.15) is 0 Å². The van der Waals surface area contributed by atoms with Crippen LogP contribution in [0.1, 0.15) is 31.7 Å². The van der Waals surface area contributed by atoms with Crippen LogP contribution in [0.3, 0.4) is 0 Å². The molecular formula is C12H16BrNO2S. The maximum atomic E-state index is 11.7. The fourth-order valence-corrected chi connectivity index (χ4v) is 2.97. The second-order valence-electron chi connectivity index (χ2n) is 4.71. The molecule has 5 heteroatoms. The Kier molecular flexibility index (Phi) is 3.61. The first-order chi connectivity index (χ1) is 7.90. The van der Waals surface area contributed by atoms with Crippen LogP contribution in [0.15, 0.2) is 28.7 Å². The summed E-state index contributed by atoms with van der Waals surface area (Å²) in [5, 5.41) is -0.367. The normalized spacial score (nSPS) is 24.0. The number of sulfonamides is 1. The molecule has 0 amide bonds. The standard InChI is InChI=1S/C12H16BrNO2S/c1-8(2)17(15,16)14-12-7-11(12)9-3-5-10(13)6-4-9/h3-6,8,11-12,14H,7H2,1-2H3. The van der Waals surface area contributed by atoms with E-state index in [1.807, 2.05) is 24.3 Å². The SMILES string of the molecule is CC(C)S(=O)(=O)NC1CC1c1ccc(Br)cc1. The molecule has 0 radical (unpaired) electrons. The molecule has 0 spiro atoms. The van der Waals surface area contributed by atoms with Crippen LogP contribution >= 0.6 is 15.9 Å². The van der Waals surface area contributed by atoms with E-state index in [4.69, 9.17) is 0 Å². The Morgan fingerprint density at radius 2 is 1.88 bits per heavy atom. The van der Waals surface area contributed by atoms with E-state index >= 15 is 0 Å². The third-order valence-electron chi connectivity index (χ3n) is 3.02. The molecule has 1 aliphatic rings. The van der Waals surface area contributed by atoms with Crippen LogP contribution < -0.4 is 4.72 Å². The molecule has 3 nitrogen and oxygen atoms in total. The van der Waals surface area contributed by atoms with Gasteiger partial charge >= 0.3 is 0 Å². The van der Waals surface area contributed by atoms with Crippen LogP contribution in [0.25, 0.3) is 0 Å². The lowest BCUT2D eigenvalue weighted by atomic mass is 10.1. The molecule has 0 aliphatic heterocycles. The number of hydrogen-bond acceptors (Lipinski definition) is 2. The first-order valence-corrected chi connectivity index (χ1v) is 8.00. The van der Waals surface area contributed by atoms with Crippen LogP contribution in [-0.4, -0.2) is 19.7 Å². The first kappa shape index (κ1) is 13.1. The van der Waals surface area contributed by atoms with Crippen LogP contribution in [-0.2, 0) is 10.0 Å². The van der Waals surface area contributed by atoms with Gasteiger partial charge in [0.15, 0.2) is 0 Å². The molecule has 0 saturated heterocycles. The summed E-state index contributed by atoms with van der Waals surface area (Å²) in [5.74, 6) is 0.330. The summed E-state index contributed by atoms with van der Waals surface area (Å²) < 4.78 is 27.2. The molecule has 2 atom stereocenters. The van der Waals surface area contributed by atoms with Crippen LogP contribution in [0.4, 0.5) is 0 Å². The van der Waals surface area contributed by atoms with Crippen molar-refractivity contribution in [3.05, 3.63) is 34.3 Å². The Bertz CT molecular complexity index is 496. The van der Waals surface area contributed by atoms with E-state index in [9.17, 15) is 8.42 Å². The summed E-state index contributed by atoms with van der Waals surface area (Å²) in [6.45, 7) is 3.39. The minimum absolute atomic E-state index is 0.0728. The molecule has 1 saturated carbocycles. The quantitative estimate of drug-likeness (QED) is 0.928. The van der Waals surface area contributed by atoms with E-state index in [-0.39, 0.29) is 11.3 Å². The van der Waals surface area contributed by atoms with Gasteiger partial charge in [0.25, 0.3) is 0 Å². The zero-order chi connectivity index (χ0) is 12.6. The number of hydrogen-bond donors (Lipinski definition) is 1. The summed E-state index contributed by atoms with van der Waals surface area (Å²) in [6.07, 6.45) is 0.896. The lowest BCUT2D eigenvalue weighted by Crippen LogP contribution is -2.33. The van der Waals surface area contributed by atoms with Gasteiger partial charge in [-0.1, -0.05) is 28.1 Å². The Morgan fingerprint density at radius 1 is 1.29 bits per heavy atom. The molecular weight excluding hydrogens is 302 g/mol. The Hall–Kier alpha value is -0.390.